The van der Waals surface area contributed by atoms with Crippen molar-refractivity contribution in [2.75, 3.05) is 0 Å². The van der Waals surface area contributed by atoms with Crippen LogP contribution in [0.1, 0.15) is 18.9 Å². The molecule has 5 heteroatoms. The largest absolute Gasteiger partial charge is 0.308 e. The highest BCUT2D eigenvalue weighted by atomic mass is 32.1. The highest BCUT2D eigenvalue weighted by Crippen LogP contribution is 1.96. The molecule has 0 unspecified atom stereocenters. The zero-order valence-corrected chi connectivity index (χ0v) is 6.85. The van der Waals surface area contributed by atoms with Crippen molar-refractivity contribution in [3.05, 3.63) is 5.01 Å². The zero-order valence-electron chi connectivity index (χ0n) is 6.03. The maximum atomic E-state index is 3.78. The molecule has 0 fully saturated rings. The van der Waals surface area contributed by atoms with E-state index in [2.05, 4.69) is 34.0 Å². The summed E-state index contributed by atoms with van der Waals surface area (Å²) in [5.41, 5.74) is 0. The summed E-state index contributed by atoms with van der Waals surface area (Å²) in [4.78, 5) is 0. The first-order valence-corrected chi connectivity index (χ1v) is 3.93. The lowest BCUT2D eigenvalue weighted by atomic mass is 10.4. The predicted molar refractivity (Wildman–Crippen MR) is 39.7 cm³/mol. The fourth-order valence-corrected chi connectivity index (χ4v) is 0.899. The van der Waals surface area contributed by atoms with Gasteiger partial charge in [0.05, 0.1) is 6.54 Å². The third-order valence-corrected chi connectivity index (χ3v) is 1.59. The summed E-state index contributed by atoms with van der Waals surface area (Å²) >= 11 is 1.33. The molecule has 1 heterocycles. The van der Waals surface area contributed by atoms with Crippen LogP contribution in [0.5, 0.6) is 0 Å². The van der Waals surface area contributed by atoms with Crippen molar-refractivity contribution in [3.63, 3.8) is 0 Å². The van der Waals surface area contributed by atoms with Gasteiger partial charge in [-0.15, -0.1) is 5.10 Å². The molecule has 0 aliphatic carbocycles. The van der Waals surface area contributed by atoms with Gasteiger partial charge in [-0.05, 0) is 5.21 Å². The first-order valence-electron chi connectivity index (χ1n) is 3.16. The Morgan fingerprint density at radius 3 is 2.90 bits per heavy atom. The van der Waals surface area contributed by atoms with Gasteiger partial charge < -0.3 is 5.32 Å². The van der Waals surface area contributed by atoms with Crippen molar-refractivity contribution in [2.24, 2.45) is 0 Å². The molecule has 0 saturated carbocycles. The van der Waals surface area contributed by atoms with E-state index in [1.807, 2.05) is 0 Å². The Balaban J connectivity index is 2.28. The molecule has 0 spiro atoms. The van der Waals surface area contributed by atoms with E-state index in [4.69, 9.17) is 0 Å². The van der Waals surface area contributed by atoms with E-state index in [1.165, 1.54) is 11.5 Å². The molecule has 1 N–H and O–H groups in total. The zero-order chi connectivity index (χ0) is 7.40. The Bertz CT molecular complexity index is 172. The number of hydrogen-bond acceptors (Lipinski definition) is 5. The standard InChI is InChI=1S/C5H10N4S/c1-4(2)6-3-5-7-8-9-10-5/h4,6H,3H2,1-2H3. The van der Waals surface area contributed by atoms with Crippen LogP contribution in [-0.2, 0) is 6.54 Å². The van der Waals surface area contributed by atoms with Gasteiger partial charge in [0.2, 0.25) is 0 Å². The summed E-state index contributed by atoms with van der Waals surface area (Å²) in [6, 6.07) is 0.490. The van der Waals surface area contributed by atoms with Crippen molar-refractivity contribution in [1.29, 1.82) is 0 Å². The van der Waals surface area contributed by atoms with Crippen LogP contribution in [0.3, 0.4) is 0 Å². The van der Waals surface area contributed by atoms with Gasteiger partial charge in [0.15, 0.2) is 5.01 Å². The van der Waals surface area contributed by atoms with Crippen molar-refractivity contribution < 1.29 is 0 Å². The average molecular weight is 158 g/mol. The van der Waals surface area contributed by atoms with E-state index in [1.54, 1.807) is 0 Å². The maximum absolute atomic E-state index is 3.78. The number of aromatic nitrogens is 3. The molecule has 4 nitrogen and oxygen atoms in total. The lowest BCUT2D eigenvalue weighted by Crippen LogP contribution is -2.21. The van der Waals surface area contributed by atoms with E-state index in [-0.39, 0.29) is 0 Å². The van der Waals surface area contributed by atoms with Gasteiger partial charge in [0.1, 0.15) is 0 Å². The van der Waals surface area contributed by atoms with Crippen LogP contribution in [0.4, 0.5) is 0 Å². The average Bonchev–Trinajstić information content (AvgIpc) is 2.34. The van der Waals surface area contributed by atoms with E-state index in [0.717, 1.165) is 11.6 Å². The van der Waals surface area contributed by atoms with Gasteiger partial charge in [-0.1, -0.05) is 18.3 Å². The van der Waals surface area contributed by atoms with E-state index in [0.29, 0.717) is 6.04 Å². The molecule has 1 rings (SSSR count). The van der Waals surface area contributed by atoms with Crippen LogP contribution in [0.15, 0.2) is 0 Å². The highest BCUT2D eigenvalue weighted by molar-refractivity contribution is 7.05. The Labute approximate surface area is 63.8 Å². The SMILES string of the molecule is CC(C)NCc1nnns1. The molecule has 10 heavy (non-hydrogen) atoms. The lowest BCUT2D eigenvalue weighted by Gasteiger charge is -2.02. The molecule has 0 aliphatic rings. The fraction of sp³-hybridized carbons (Fsp3) is 0.800. The third-order valence-electron chi connectivity index (χ3n) is 1.00. The summed E-state index contributed by atoms with van der Waals surface area (Å²) in [5, 5.41) is 11.4. The molecule has 0 saturated heterocycles. The quantitative estimate of drug-likeness (QED) is 0.693. The summed E-state index contributed by atoms with van der Waals surface area (Å²) in [7, 11) is 0. The minimum atomic E-state index is 0.490. The second-order valence-corrected chi connectivity index (χ2v) is 3.11. The Morgan fingerprint density at radius 2 is 2.40 bits per heavy atom. The molecule has 0 aliphatic heterocycles. The van der Waals surface area contributed by atoms with Gasteiger partial charge >= 0.3 is 0 Å². The molecular formula is C5H10N4S. The van der Waals surface area contributed by atoms with Crippen LogP contribution in [-0.4, -0.2) is 20.8 Å². The first kappa shape index (κ1) is 7.56. The number of hydrogen-bond donors (Lipinski definition) is 1. The van der Waals surface area contributed by atoms with Crippen molar-refractivity contribution >= 4 is 11.5 Å². The molecule has 0 aromatic carbocycles. The number of nitrogens with one attached hydrogen (secondary N) is 1. The molecule has 1 aromatic heterocycles. The second kappa shape index (κ2) is 3.58. The Hall–Kier alpha value is -0.550. The fourth-order valence-electron chi connectivity index (χ4n) is 0.511. The van der Waals surface area contributed by atoms with Crippen LogP contribution in [0, 0.1) is 0 Å². The summed E-state index contributed by atoms with van der Waals surface area (Å²) in [5.74, 6) is 0. The molecule has 0 radical (unpaired) electrons. The topological polar surface area (TPSA) is 50.7 Å². The van der Waals surface area contributed by atoms with Gasteiger partial charge in [0.25, 0.3) is 0 Å². The lowest BCUT2D eigenvalue weighted by molar-refractivity contribution is 0.584. The normalized spacial score (nSPS) is 10.7. The van der Waals surface area contributed by atoms with Crippen molar-refractivity contribution in [1.82, 2.24) is 20.1 Å². The molecule has 56 valence electrons. The third kappa shape index (κ3) is 2.36. The van der Waals surface area contributed by atoms with Crippen LogP contribution in [0.25, 0.3) is 0 Å². The minimum Gasteiger partial charge on any atom is -0.308 e. The van der Waals surface area contributed by atoms with Gasteiger partial charge in [-0.25, -0.2) is 0 Å². The predicted octanol–water partition coefficient (Wildman–Crippen LogP) is 0.431. The van der Waals surface area contributed by atoms with Gasteiger partial charge in [-0.3, -0.25) is 0 Å². The monoisotopic (exact) mass is 158 g/mol. The molecule has 0 atom stereocenters. The Kier molecular flexibility index (Phi) is 2.70. The molecule has 0 amide bonds. The van der Waals surface area contributed by atoms with Crippen LogP contribution >= 0.6 is 11.5 Å². The van der Waals surface area contributed by atoms with E-state index >= 15 is 0 Å². The molecular weight excluding hydrogens is 148 g/mol. The molecule has 1 aromatic rings. The summed E-state index contributed by atoms with van der Waals surface area (Å²) in [6.45, 7) is 4.96. The van der Waals surface area contributed by atoms with E-state index in [9.17, 15) is 0 Å². The Morgan fingerprint density at radius 1 is 1.60 bits per heavy atom. The maximum Gasteiger partial charge on any atom is 0.151 e. The van der Waals surface area contributed by atoms with Crippen LogP contribution < -0.4 is 5.32 Å². The second-order valence-electron chi connectivity index (χ2n) is 2.29. The van der Waals surface area contributed by atoms with Crippen molar-refractivity contribution in [2.45, 2.75) is 26.4 Å². The first-order chi connectivity index (χ1) is 4.79. The minimum absolute atomic E-state index is 0.490. The molecule has 0 bridgehead atoms. The number of rotatable bonds is 3. The van der Waals surface area contributed by atoms with Crippen LogP contribution in [0.2, 0.25) is 0 Å². The smallest absolute Gasteiger partial charge is 0.151 e. The number of nitrogens with zero attached hydrogens (tertiary/aromatic N) is 3. The summed E-state index contributed by atoms with van der Waals surface area (Å²) < 4.78 is 3.64. The highest BCUT2D eigenvalue weighted by Gasteiger charge is 1.97. The van der Waals surface area contributed by atoms with E-state index < -0.39 is 0 Å². The van der Waals surface area contributed by atoms with Crippen molar-refractivity contribution in [3.8, 4) is 0 Å². The summed E-state index contributed by atoms with van der Waals surface area (Å²) in [6.07, 6.45) is 0. The van der Waals surface area contributed by atoms with Gasteiger partial charge in [0, 0.05) is 17.6 Å². The van der Waals surface area contributed by atoms with Gasteiger partial charge in [-0.2, -0.15) is 0 Å².